The summed E-state index contributed by atoms with van der Waals surface area (Å²) >= 11 is 6.81. The maximum atomic E-state index is 12.9. The van der Waals surface area contributed by atoms with E-state index in [4.69, 9.17) is 17.0 Å². The Morgan fingerprint density at radius 3 is 2.31 bits per heavy atom. The van der Waals surface area contributed by atoms with E-state index in [1.54, 1.807) is 49.2 Å². The van der Waals surface area contributed by atoms with Gasteiger partial charge in [0.25, 0.3) is 11.8 Å². The SMILES string of the molecule is COc1ccc(N2C(=O)C(=Cc3ccc(SC)cc3)C(=O)NC2=S)cc1. The van der Waals surface area contributed by atoms with Gasteiger partial charge >= 0.3 is 0 Å². The number of rotatable bonds is 4. The average Bonchev–Trinajstić information content (AvgIpc) is 2.66. The Labute approximate surface area is 161 Å². The Morgan fingerprint density at radius 2 is 1.73 bits per heavy atom. The molecule has 2 aromatic rings. The molecule has 1 fully saturated rings. The van der Waals surface area contributed by atoms with Gasteiger partial charge in [-0.05, 0) is 66.5 Å². The molecule has 3 rings (SSSR count). The normalized spacial score (nSPS) is 16.0. The highest BCUT2D eigenvalue weighted by molar-refractivity contribution is 7.98. The zero-order valence-corrected chi connectivity index (χ0v) is 15.8. The number of benzene rings is 2. The number of ether oxygens (including phenoxy) is 1. The number of nitrogens with one attached hydrogen (secondary N) is 1. The molecule has 5 nitrogen and oxygen atoms in total. The molecule has 1 saturated heterocycles. The van der Waals surface area contributed by atoms with E-state index in [0.717, 1.165) is 10.5 Å². The van der Waals surface area contributed by atoms with E-state index in [2.05, 4.69) is 5.32 Å². The zero-order chi connectivity index (χ0) is 18.7. The fourth-order valence-corrected chi connectivity index (χ4v) is 3.18. The highest BCUT2D eigenvalue weighted by Crippen LogP contribution is 2.24. The third-order valence-corrected chi connectivity index (χ3v) is 4.89. The van der Waals surface area contributed by atoms with Crippen molar-refractivity contribution in [1.82, 2.24) is 5.32 Å². The minimum absolute atomic E-state index is 0.0336. The summed E-state index contributed by atoms with van der Waals surface area (Å²) in [5.41, 5.74) is 1.36. The summed E-state index contributed by atoms with van der Waals surface area (Å²) in [4.78, 5) is 27.6. The molecule has 0 spiro atoms. The fraction of sp³-hybridized carbons (Fsp3) is 0.105. The van der Waals surface area contributed by atoms with Crippen molar-refractivity contribution in [1.29, 1.82) is 0 Å². The highest BCUT2D eigenvalue weighted by atomic mass is 32.2. The first-order valence-electron chi connectivity index (χ1n) is 7.73. The summed E-state index contributed by atoms with van der Waals surface area (Å²) in [7, 11) is 1.56. The number of carbonyl (C=O) groups is 2. The summed E-state index contributed by atoms with van der Waals surface area (Å²) in [5.74, 6) is -0.297. The van der Waals surface area contributed by atoms with Gasteiger partial charge in [0.1, 0.15) is 11.3 Å². The molecule has 26 heavy (non-hydrogen) atoms. The molecule has 0 unspecified atom stereocenters. The Kier molecular flexibility index (Phi) is 5.39. The van der Waals surface area contributed by atoms with E-state index in [1.165, 1.54) is 4.90 Å². The topological polar surface area (TPSA) is 58.6 Å². The molecular formula is C19H16N2O3S2. The van der Waals surface area contributed by atoms with Gasteiger partial charge in [-0.15, -0.1) is 11.8 Å². The van der Waals surface area contributed by atoms with Gasteiger partial charge in [0.05, 0.1) is 12.8 Å². The fourth-order valence-electron chi connectivity index (χ4n) is 2.49. The molecule has 132 valence electrons. The summed E-state index contributed by atoms with van der Waals surface area (Å²) in [6, 6.07) is 14.5. The van der Waals surface area contributed by atoms with Crippen LogP contribution in [0, 0.1) is 0 Å². The van der Waals surface area contributed by atoms with Crippen molar-refractivity contribution >= 4 is 52.7 Å². The Bertz CT molecular complexity index is 890. The molecule has 1 N–H and O–H groups in total. The lowest BCUT2D eigenvalue weighted by Crippen LogP contribution is -2.54. The smallest absolute Gasteiger partial charge is 0.270 e. The number of nitrogens with zero attached hydrogens (tertiary/aromatic N) is 1. The van der Waals surface area contributed by atoms with E-state index >= 15 is 0 Å². The number of thiocarbonyl (C=S) groups is 1. The largest absolute Gasteiger partial charge is 0.497 e. The molecule has 0 atom stereocenters. The number of carbonyl (C=O) groups excluding carboxylic acids is 2. The number of amides is 2. The molecule has 0 aromatic heterocycles. The maximum Gasteiger partial charge on any atom is 0.270 e. The Hall–Kier alpha value is -2.64. The second kappa shape index (κ2) is 7.72. The van der Waals surface area contributed by atoms with Crippen LogP contribution in [0.15, 0.2) is 59.0 Å². The molecule has 0 aliphatic carbocycles. The van der Waals surface area contributed by atoms with Crippen LogP contribution in [0.25, 0.3) is 6.08 Å². The number of hydrogen-bond donors (Lipinski definition) is 1. The van der Waals surface area contributed by atoms with E-state index in [1.807, 2.05) is 30.5 Å². The lowest BCUT2D eigenvalue weighted by Gasteiger charge is -2.29. The third-order valence-electron chi connectivity index (χ3n) is 3.86. The summed E-state index contributed by atoms with van der Waals surface area (Å²) in [6.07, 6.45) is 3.55. The average molecular weight is 384 g/mol. The first-order chi connectivity index (χ1) is 12.5. The van der Waals surface area contributed by atoms with E-state index in [-0.39, 0.29) is 10.7 Å². The molecule has 7 heteroatoms. The summed E-state index contributed by atoms with van der Waals surface area (Å²) < 4.78 is 5.13. The number of anilines is 1. The number of methoxy groups -OCH3 is 1. The summed E-state index contributed by atoms with van der Waals surface area (Å²) in [6.45, 7) is 0. The van der Waals surface area contributed by atoms with Crippen LogP contribution in [0.5, 0.6) is 5.75 Å². The predicted octanol–water partition coefficient (Wildman–Crippen LogP) is 3.25. The van der Waals surface area contributed by atoms with Crippen LogP contribution in [0.4, 0.5) is 5.69 Å². The molecule has 0 saturated carbocycles. The first-order valence-corrected chi connectivity index (χ1v) is 9.36. The lowest BCUT2D eigenvalue weighted by molar-refractivity contribution is -0.122. The second-order valence-electron chi connectivity index (χ2n) is 5.43. The van der Waals surface area contributed by atoms with Gasteiger partial charge in [0, 0.05) is 4.90 Å². The van der Waals surface area contributed by atoms with Crippen LogP contribution in [0.2, 0.25) is 0 Å². The van der Waals surface area contributed by atoms with Crippen LogP contribution in [0.3, 0.4) is 0 Å². The van der Waals surface area contributed by atoms with E-state index in [9.17, 15) is 9.59 Å². The Morgan fingerprint density at radius 1 is 1.08 bits per heavy atom. The van der Waals surface area contributed by atoms with Crippen molar-refractivity contribution in [3.63, 3.8) is 0 Å². The third kappa shape index (κ3) is 3.63. The van der Waals surface area contributed by atoms with Crippen molar-refractivity contribution in [2.75, 3.05) is 18.3 Å². The quantitative estimate of drug-likeness (QED) is 0.380. The molecule has 2 amide bonds. The molecule has 0 bridgehead atoms. The minimum Gasteiger partial charge on any atom is -0.497 e. The highest BCUT2D eigenvalue weighted by Gasteiger charge is 2.34. The maximum absolute atomic E-state index is 12.9. The molecule has 0 radical (unpaired) electrons. The van der Waals surface area contributed by atoms with Crippen LogP contribution < -0.4 is 15.0 Å². The van der Waals surface area contributed by atoms with Crippen LogP contribution >= 0.6 is 24.0 Å². The summed E-state index contributed by atoms with van der Waals surface area (Å²) in [5, 5.41) is 2.63. The number of thioether (sulfide) groups is 1. The van der Waals surface area contributed by atoms with Gasteiger partial charge in [-0.2, -0.15) is 0 Å². The van der Waals surface area contributed by atoms with Crippen LogP contribution in [-0.2, 0) is 9.59 Å². The van der Waals surface area contributed by atoms with Crippen LogP contribution in [0.1, 0.15) is 5.56 Å². The van der Waals surface area contributed by atoms with Gasteiger partial charge in [-0.3, -0.25) is 19.8 Å². The van der Waals surface area contributed by atoms with Crippen molar-refractivity contribution in [2.24, 2.45) is 0 Å². The van der Waals surface area contributed by atoms with E-state index in [0.29, 0.717) is 11.4 Å². The van der Waals surface area contributed by atoms with Crippen LogP contribution in [-0.4, -0.2) is 30.3 Å². The van der Waals surface area contributed by atoms with Gasteiger partial charge < -0.3 is 4.74 Å². The van der Waals surface area contributed by atoms with Crippen molar-refractivity contribution in [3.05, 3.63) is 59.7 Å². The van der Waals surface area contributed by atoms with Crippen molar-refractivity contribution < 1.29 is 14.3 Å². The molecule has 1 heterocycles. The monoisotopic (exact) mass is 384 g/mol. The van der Waals surface area contributed by atoms with Gasteiger partial charge in [0.2, 0.25) is 0 Å². The van der Waals surface area contributed by atoms with Crippen molar-refractivity contribution in [3.8, 4) is 5.75 Å². The molecular weight excluding hydrogens is 368 g/mol. The zero-order valence-electron chi connectivity index (χ0n) is 14.2. The lowest BCUT2D eigenvalue weighted by atomic mass is 10.1. The van der Waals surface area contributed by atoms with Gasteiger partial charge in [-0.1, -0.05) is 12.1 Å². The molecule has 1 aliphatic rings. The van der Waals surface area contributed by atoms with Gasteiger partial charge in [-0.25, -0.2) is 0 Å². The van der Waals surface area contributed by atoms with Gasteiger partial charge in [0.15, 0.2) is 5.11 Å². The Balaban J connectivity index is 1.95. The predicted molar refractivity (Wildman–Crippen MR) is 107 cm³/mol. The standard InChI is InChI=1S/C19H16N2O3S2/c1-24-14-7-5-13(6-8-14)21-18(23)16(17(22)20-19(21)25)11-12-3-9-15(26-2)10-4-12/h3-11H,1-2H3,(H,20,22,25). The molecule has 2 aromatic carbocycles. The van der Waals surface area contributed by atoms with E-state index < -0.39 is 11.8 Å². The minimum atomic E-state index is -0.501. The molecule has 1 aliphatic heterocycles. The first kappa shape index (κ1) is 18.2. The second-order valence-corrected chi connectivity index (χ2v) is 6.70. The number of hydrogen-bond acceptors (Lipinski definition) is 5. The van der Waals surface area contributed by atoms with Crippen molar-refractivity contribution in [2.45, 2.75) is 4.90 Å².